The zero-order valence-corrected chi connectivity index (χ0v) is 20.5. The van der Waals surface area contributed by atoms with E-state index in [1.54, 1.807) is 4.90 Å². The smallest absolute Gasteiger partial charge is 0.407 e. The number of piperidine rings is 1. The SMILES string of the molecule is CC(C)(C)[Si](OC1CCN([C@H]2CCCN(C(=O)O)C2)C1)(c1ccccc1)c1ccccc1. The van der Waals surface area contributed by atoms with Gasteiger partial charge in [-0.3, -0.25) is 4.90 Å². The molecule has 1 unspecified atom stereocenters. The fourth-order valence-corrected chi connectivity index (χ4v) is 10.3. The van der Waals surface area contributed by atoms with Crippen molar-refractivity contribution in [1.29, 1.82) is 0 Å². The number of hydrogen-bond donors (Lipinski definition) is 1. The number of carbonyl (C=O) groups is 1. The second kappa shape index (κ2) is 9.38. The molecule has 2 aromatic rings. The summed E-state index contributed by atoms with van der Waals surface area (Å²) in [6.45, 7) is 10.1. The molecule has 0 aliphatic carbocycles. The van der Waals surface area contributed by atoms with E-state index in [4.69, 9.17) is 4.43 Å². The van der Waals surface area contributed by atoms with E-state index in [9.17, 15) is 9.90 Å². The Morgan fingerprint density at radius 1 is 0.938 bits per heavy atom. The lowest BCUT2D eigenvalue weighted by Crippen LogP contribution is -2.68. The van der Waals surface area contributed by atoms with Crippen molar-refractivity contribution < 1.29 is 14.3 Å². The molecule has 0 spiro atoms. The van der Waals surface area contributed by atoms with Gasteiger partial charge >= 0.3 is 6.09 Å². The molecule has 2 aromatic carbocycles. The fourth-order valence-electron chi connectivity index (χ4n) is 5.55. The maximum absolute atomic E-state index is 11.5. The zero-order valence-electron chi connectivity index (χ0n) is 19.5. The Labute approximate surface area is 193 Å². The van der Waals surface area contributed by atoms with Gasteiger partial charge in [0.1, 0.15) is 0 Å². The van der Waals surface area contributed by atoms with E-state index in [-0.39, 0.29) is 11.1 Å². The van der Waals surface area contributed by atoms with Crippen molar-refractivity contribution in [1.82, 2.24) is 9.80 Å². The molecule has 0 aromatic heterocycles. The number of carboxylic acid groups (broad SMARTS) is 1. The molecule has 4 rings (SSSR count). The van der Waals surface area contributed by atoms with Crippen molar-refractivity contribution in [3.05, 3.63) is 60.7 Å². The molecule has 2 fully saturated rings. The highest BCUT2D eigenvalue weighted by Gasteiger charge is 2.52. The largest absolute Gasteiger partial charge is 0.465 e. The van der Waals surface area contributed by atoms with Crippen LogP contribution in [-0.2, 0) is 4.43 Å². The molecule has 2 atom stereocenters. The van der Waals surface area contributed by atoms with E-state index in [1.807, 2.05) is 0 Å². The topological polar surface area (TPSA) is 53.0 Å². The van der Waals surface area contributed by atoms with Gasteiger partial charge in [0.05, 0.1) is 6.10 Å². The first-order chi connectivity index (χ1) is 15.3. The van der Waals surface area contributed by atoms with Gasteiger partial charge in [0.25, 0.3) is 8.32 Å². The minimum Gasteiger partial charge on any atom is -0.465 e. The second-order valence-electron chi connectivity index (χ2n) is 10.2. The molecule has 2 aliphatic heterocycles. The van der Waals surface area contributed by atoms with Crippen LogP contribution in [0.3, 0.4) is 0 Å². The first-order valence-electron chi connectivity index (χ1n) is 11.8. The van der Waals surface area contributed by atoms with E-state index in [0.29, 0.717) is 19.1 Å². The van der Waals surface area contributed by atoms with E-state index in [2.05, 4.69) is 86.3 Å². The van der Waals surface area contributed by atoms with Crippen LogP contribution >= 0.6 is 0 Å². The normalized spacial score (nSPS) is 22.8. The molecule has 2 saturated heterocycles. The first kappa shape index (κ1) is 23.0. The van der Waals surface area contributed by atoms with Gasteiger partial charge in [0.15, 0.2) is 0 Å². The highest BCUT2D eigenvalue weighted by Crippen LogP contribution is 2.38. The van der Waals surface area contributed by atoms with Gasteiger partial charge in [-0.05, 0) is 34.7 Å². The lowest BCUT2D eigenvalue weighted by Gasteiger charge is -2.45. The molecule has 0 bridgehead atoms. The highest BCUT2D eigenvalue weighted by atomic mass is 28.4. The van der Waals surface area contributed by atoms with Crippen LogP contribution in [0.1, 0.15) is 40.0 Å². The number of hydrogen-bond acceptors (Lipinski definition) is 3. The van der Waals surface area contributed by atoms with E-state index in [1.165, 1.54) is 10.4 Å². The van der Waals surface area contributed by atoms with Crippen molar-refractivity contribution >= 4 is 24.8 Å². The van der Waals surface area contributed by atoms with E-state index >= 15 is 0 Å². The van der Waals surface area contributed by atoms with Crippen molar-refractivity contribution in [2.24, 2.45) is 0 Å². The summed E-state index contributed by atoms with van der Waals surface area (Å²) in [5.74, 6) is 0. The Bertz CT molecular complexity index is 861. The van der Waals surface area contributed by atoms with Crippen LogP contribution in [-0.4, -0.2) is 67.6 Å². The van der Waals surface area contributed by atoms with Crippen LogP contribution in [0.15, 0.2) is 60.7 Å². The van der Waals surface area contributed by atoms with Crippen molar-refractivity contribution in [3.63, 3.8) is 0 Å². The van der Waals surface area contributed by atoms with Crippen LogP contribution in [0.25, 0.3) is 0 Å². The van der Waals surface area contributed by atoms with Crippen molar-refractivity contribution in [2.45, 2.75) is 57.2 Å². The monoisotopic (exact) mass is 452 g/mol. The van der Waals surface area contributed by atoms with Crippen molar-refractivity contribution in [2.75, 3.05) is 26.2 Å². The first-order valence-corrected chi connectivity index (χ1v) is 13.7. The van der Waals surface area contributed by atoms with Crippen LogP contribution in [0.5, 0.6) is 0 Å². The number of amides is 1. The minimum atomic E-state index is -2.56. The fraction of sp³-hybridized carbons (Fsp3) is 0.500. The Hall–Kier alpha value is -2.15. The summed E-state index contributed by atoms with van der Waals surface area (Å²) < 4.78 is 7.30. The molecule has 2 aliphatic rings. The van der Waals surface area contributed by atoms with E-state index < -0.39 is 14.4 Å². The average Bonchev–Trinajstić information content (AvgIpc) is 3.26. The van der Waals surface area contributed by atoms with Gasteiger partial charge in [0.2, 0.25) is 0 Å². The molecule has 0 radical (unpaired) electrons. The molecule has 32 heavy (non-hydrogen) atoms. The summed E-state index contributed by atoms with van der Waals surface area (Å²) in [5.41, 5.74) is 0. The van der Waals surface area contributed by atoms with Crippen LogP contribution in [0.4, 0.5) is 4.79 Å². The quantitative estimate of drug-likeness (QED) is 0.702. The van der Waals surface area contributed by atoms with Crippen LogP contribution in [0, 0.1) is 0 Å². The summed E-state index contributed by atoms with van der Waals surface area (Å²) >= 11 is 0. The van der Waals surface area contributed by atoms with Gasteiger partial charge in [-0.15, -0.1) is 0 Å². The molecule has 2 heterocycles. The Kier molecular flexibility index (Phi) is 6.74. The maximum Gasteiger partial charge on any atom is 0.407 e. The summed E-state index contributed by atoms with van der Waals surface area (Å²) in [6.07, 6.45) is 2.35. The van der Waals surface area contributed by atoms with Crippen LogP contribution < -0.4 is 10.4 Å². The molecule has 6 heteroatoms. The summed E-state index contributed by atoms with van der Waals surface area (Å²) in [4.78, 5) is 15.5. The molecule has 1 N–H and O–H groups in total. The average molecular weight is 453 g/mol. The Morgan fingerprint density at radius 2 is 1.53 bits per heavy atom. The number of nitrogens with zero attached hydrogens (tertiary/aromatic N) is 2. The molecule has 5 nitrogen and oxygen atoms in total. The zero-order chi connectivity index (χ0) is 22.8. The number of rotatable bonds is 5. The van der Waals surface area contributed by atoms with Gasteiger partial charge in [-0.2, -0.15) is 0 Å². The molecule has 172 valence electrons. The Morgan fingerprint density at radius 3 is 2.06 bits per heavy atom. The molecular weight excluding hydrogens is 416 g/mol. The highest BCUT2D eigenvalue weighted by molar-refractivity contribution is 6.99. The minimum absolute atomic E-state index is 0.0337. The summed E-state index contributed by atoms with van der Waals surface area (Å²) in [6, 6.07) is 21.9. The summed E-state index contributed by atoms with van der Waals surface area (Å²) in [5, 5.41) is 12.0. The molecule has 0 saturated carbocycles. The third kappa shape index (κ3) is 4.49. The van der Waals surface area contributed by atoms with Crippen molar-refractivity contribution in [3.8, 4) is 0 Å². The lowest BCUT2D eigenvalue weighted by molar-refractivity contribution is 0.0899. The van der Waals surface area contributed by atoms with Gasteiger partial charge < -0.3 is 14.4 Å². The predicted octanol–water partition coefficient (Wildman–Crippen LogP) is 3.78. The lowest BCUT2D eigenvalue weighted by atomic mass is 10.1. The second-order valence-corrected chi connectivity index (χ2v) is 14.5. The number of likely N-dealkylation sites (tertiary alicyclic amines) is 2. The van der Waals surface area contributed by atoms with E-state index in [0.717, 1.165) is 32.4 Å². The number of benzene rings is 2. The third-order valence-electron chi connectivity index (χ3n) is 7.12. The predicted molar refractivity (Wildman–Crippen MR) is 131 cm³/mol. The molecular formula is C26H36N2O3Si. The Balaban J connectivity index is 1.61. The maximum atomic E-state index is 11.5. The van der Waals surface area contributed by atoms with Gasteiger partial charge in [-0.1, -0.05) is 81.4 Å². The van der Waals surface area contributed by atoms with Gasteiger partial charge in [-0.25, -0.2) is 4.79 Å². The standard InChI is InChI=1S/C26H36N2O3Si/c1-26(2,3)32(23-12-6-4-7-13-23,24-14-8-5-9-15-24)31-22-16-18-27(20-22)21-11-10-17-28(19-21)25(29)30/h4-9,12-15,21-22H,10-11,16-20H2,1-3H3,(H,29,30)/t21-,22?/m0/s1. The van der Waals surface area contributed by atoms with Gasteiger partial charge in [0, 0.05) is 32.2 Å². The third-order valence-corrected chi connectivity index (χ3v) is 12.2. The molecule has 1 amide bonds. The van der Waals surface area contributed by atoms with Crippen LogP contribution in [0.2, 0.25) is 5.04 Å². The summed E-state index contributed by atoms with van der Waals surface area (Å²) in [7, 11) is -2.56.